The fourth-order valence-electron chi connectivity index (χ4n) is 2.02. The molecule has 80 valence electrons. The van der Waals surface area contributed by atoms with Crippen LogP contribution in [-0.4, -0.2) is 4.98 Å². The summed E-state index contributed by atoms with van der Waals surface area (Å²) < 4.78 is 0. The zero-order valence-electron chi connectivity index (χ0n) is 9.81. The molecule has 3 N–H and O–H groups in total. The van der Waals surface area contributed by atoms with E-state index in [0.717, 1.165) is 0 Å². The van der Waals surface area contributed by atoms with E-state index in [0.29, 0.717) is 0 Å². The molecular weight excluding hydrogens is 184 g/mol. The molecule has 1 aromatic heterocycles. The summed E-state index contributed by atoms with van der Waals surface area (Å²) in [4.78, 5) is 3.42. The molecule has 1 heterocycles. The third-order valence-corrected chi connectivity index (χ3v) is 3.04. The third-order valence-electron chi connectivity index (χ3n) is 3.04. The van der Waals surface area contributed by atoms with Crippen LogP contribution in [0.3, 0.4) is 0 Å². The molecule has 0 atom stereocenters. The summed E-state index contributed by atoms with van der Waals surface area (Å²) in [6, 6.07) is 6.31. The Bertz CT molecular complexity index is 501. The molecule has 0 saturated heterocycles. The largest absolute Gasteiger partial charge is 0.358 e. The second kappa shape index (κ2) is 3.11. The Balaban J connectivity index is 2.83. The molecule has 1 aromatic carbocycles. The van der Waals surface area contributed by atoms with Gasteiger partial charge in [-0.15, -0.1) is 0 Å². The van der Waals surface area contributed by atoms with Gasteiger partial charge in [0.15, 0.2) is 0 Å². The van der Waals surface area contributed by atoms with Crippen LogP contribution in [0, 0.1) is 13.8 Å². The highest BCUT2D eigenvalue weighted by Gasteiger charge is 2.18. The SMILES string of the molecule is Cc1[nH]c2c(C(C)(C)N)cccc2c1C. The molecule has 0 saturated carbocycles. The minimum atomic E-state index is -0.302. The van der Waals surface area contributed by atoms with Crippen LogP contribution >= 0.6 is 0 Å². The van der Waals surface area contributed by atoms with Gasteiger partial charge in [0.25, 0.3) is 0 Å². The molecular formula is C13H18N2. The van der Waals surface area contributed by atoms with E-state index in [4.69, 9.17) is 5.73 Å². The van der Waals surface area contributed by atoms with E-state index < -0.39 is 0 Å². The second-order valence-electron chi connectivity index (χ2n) is 4.82. The number of hydrogen-bond acceptors (Lipinski definition) is 1. The number of fused-ring (bicyclic) bond motifs is 1. The van der Waals surface area contributed by atoms with Gasteiger partial charge in [-0.05, 0) is 38.8 Å². The summed E-state index contributed by atoms with van der Waals surface area (Å²) in [5.74, 6) is 0. The van der Waals surface area contributed by atoms with E-state index in [-0.39, 0.29) is 5.54 Å². The average molecular weight is 202 g/mol. The Kier molecular flexibility index (Phi) is 2.12. The lowest BCUT2D eigenvalue weighted by atomic mass is 9.93. The van der Waals surface area contributed by atoms with Gasteiger partial charge in [0, 0.05) is 16.6 Å². The van der Waals surface area contributed by atoms with Crippen molar-refractivity contribution < 1.29 is 0 Å². The maximum absolute atomic E-state index is 6.16. The maximum atomic E-state index is 6.16. The number of benzene rings is 1. The molecule has 0 amide bonds. The summed E-state index contributed by atoms with van der Waals surface area (Å²) >= 11 is 0. The average Bonchev–Trinajstić information content (AvgIpc) is 2.41. The van der Waals surface area contributed by atoms with Crippen molar-refractivity contribution in [1.82, 2.24) is 4.98 Å². The smallest absolute Gasteiger partial charge is 0.0509 e. The zero-order chi connectivity index (χ0) is 11.2. The minimum Gasteiger partial charge on any atom is -0.358 e. The first kappa shape index (κ1) is 10.2. The minimum absolute atomic E-state index is 0.302. The number of rotatable bonds is 1. The van der Waals surface area contributed by atoms with Crippen molar-refractivity contribution in [3.05, 3.63) is 35.0 Å². The van der Waals surface area contributed by atoms with Crippen molar-refractivity contribution in [3.63, 3.8) is 0 Å². The molecule has 2 rings (SSSR count). The van der Waals surface area contributed by atoms with Crippen molar-refractivity contribution in [2.75, 3.05) is 0 Å². The van der Waals surface area contributed by atoms with Gasteiger partial charge in [0.1, 0.15) is 0 Å². The van der Waals surface area contributed by atoms with Crippen LogP contribution < -0.4 is 5.73 Å². The van der Waals surface area contributed by atoms with E-state index in [1.165, 1.54) is 27.7 Å². The standard InChI is InChI=1S/C13H18N2/c1-8-9(2)15-12-10(8)6-5-7-11(12)13(3,4)14/h5-7,15H,14H2,1-4H3. The van der Waals surface area contributed by atoms with E-state index in [1.54, 1.807) is 0 Å². The first-order valence-corrected chi connectivity index (χ1v) is 5.28. The Morgan fingerprint density at radius 3 is 2.47 bits per heavy atom. The van der Waals surface area contributed by atoms with Crippen molar-refractivity contribution >= 4 is 10.9 Å². The predicted octanol–water partition coefficient (Wildman–Crippen LogP) is 2.98. The quantitative estimate of drug-likeness (QED) is 0.733. The Morgan fingerprint density at radius 1 is 1.20 bits per heavy atom. The summed E-state index contributed by atoms with van der Waals surface area (Å²) in [6.07, 6.45) is 0. The fourth-order valence-corrected chi connectivity index (χ4v) is 2.02. The van der Waals surface area contributed by atoms with Crippen LogP contribution in [0.15, 0.2) is 18.2 Å². The zero-order valence-corrected chi connectivity index (χ0v) is 9.81. The van der Waals surface area contributed by atoms with Crippen molar-refractivity contribution in [3.8, 4) is 0 Å². The first-order chi connectivity index (χ1) is 6.91. The van der Waals surface area contributed by atoms with Gasteiger partial charge in [0.05, 0.1) is 5.52 Å². The van der Waals surface area contributed by atoms with E-state index in [1.807, 2.05) is 13.8 Å². The van der Waals surface area contributed by atoms with Crippen LogP contribution in [-0.2, 0) is 5.54 Å². The lowest BCUT2D eigenvalue weighted by molar-refractivity contribution is 0.558. The summed E-state index contributed by atoms with van der Waals surface area (Å²) in [6.45, 7) is 8.31. The number of aromatic nitrogens is 1. The number of hydrogen-bond donors (Lipinski definition) is 2. The molecule has 2 nitrogen and oxygen atoms in total. The van der Waals surface area contributed by atoms with Gasteiger partial charge in [-0.1, -0.05) is 18.2 Å². The van der Waals surface area contributed by atoms with E-state index in [9.17, 15) is 0 Å². The maximum Gasteiger partial charge on any atom is 0.0509 e. The molecule has 15 heavy (non-hydrogen) atoms. The summed E-state index contributed by atoms with van der Waals surface area (Å²) in [5, 5.41) is 1.28. The Hall–Kier alpha value is -1.28. The highest BCUT2D eigenvalue weighted by atomic mass is 14.8. The lowest BCUT2D eigenvalue weighted by Crippen LogP contribution is -2.28. The monoisotopic (exact) mass is 202 g/mol. The number of nitrogens with two attached hydrogens (primary N) is 1. The molecule has 0 bridgehead atoms. The number of para-hydroxylation sites is 1. The highest BCUT2D eigenvalue weighted by molar-refractivity contribution is 5.87. The van der Waals surface area contributed by atoms with Gasteiger partial charge in [-0.3, -0.25) is 0 Å². The van der Waals surface area contributed by atoms with Gasteiger partial charge < -0.3 is 10.7 Å². The van der Waals surface area contributed by atoms with Crippen LogP contribution in [0.1, 0.15) is 30.7 Å². The molecule has 0 fully saturated rings. The Labute approximate surface area is 90.5 Å². The molecule has 0 spiro atoms. The number of aryl methyl sites for hydroxylation is 2. The predicted molar refractivity (Wildman–Crippen MR) is 65.0 cm³/mol. The second-order valence-corrected chi connectivity index (χ2v) is 4.82. The number of nitrogens with one attached hydrogen (secondary N) is 1. The highest BCUT2D eigenvalue weighted by Crippen LogP contribution is 2.29. The lowest BCUT2D eigenvalue weighted by Gasteiger charge is -2.19. The topological polar surface area (TPSA) is 41.8 Å². The molecule has 0 aliphatic carbocycles. The van der Waals surface area contributed by atoms with E-state index in [2.05, 4.69) is 37.0 Å². The van der Waals surface area contributed by atoms with E-state index >= 15 is 0 Å². The van der Waals surface area contributed by atoms with Gasteiger partial charge >= 0.3 is 0 Å². The fraction of sp³-hybridized carbons (Fsp3) is 0.385. The van der Waals surface area contributed by atoms with Crippen LogP contribution in [0.2, 0.25) is 0 Å². The van der Waals surface area contributed by atoms with Crippen LogP contribution in [0.5, 0.6) is 0 Å². The third kappa shape index (κ3) is 1.55. The molecule has 0 radical (unpaired) electrons. The molecule has 0 unspecified atom stereocenters. The summed E-state index contributed by atoms with van der Waals surface area (Å²) in [5.41, 5.74) is 10.8. The van der Waals surface area contributed by atoms with Crippen LogP contribution in [0.25, 0.3) is 10.9 Å². The Morgan fingerprint density at radius 2 is 1.87 bits per heavy atom. The van der Waals surface area contributed by atoms with Gasteiger partial charge in [-0.2, -0.15) is 0 Å². The van der Waals surface area contributed by atoms with Gasteiger partial charge in [0.2, 0.25) is 0 Å². The molecule has 0 aliphatic rings. The first-order valence-electron chi connectivity index (χ1n) is 5.28. The molecule has 2 aromatic rings. The van der Waals surface area contributed by atoms with Crippen molar-refractivity contribution in [2.45, 2.75) is 33.2 Å². The van der Waals surface area contributed by atoms with Crippen molar-refractivity contribution in [1.29, 1.82) is 0 Å². The number of aromatic amines is 1. The van der Waals surface area contributed by atoms with Crippen molar-refractivity contribution in [2.24, 2.45) is 5.73 Å². The van der Waals surface area contributed by atoms with Gasteiger partial charge in [-0.25, -0.2) is 0 Å². The van der Waals surface area contributed by atoms with Crippen LogP contribution in [0.4, 0.5) is 0 Å². The molecule has 2 heteroatoms. The summed E-state index contributed by atoms with van der Waals surface area (Å²) in [7, 11) is 0. The normalized spacial score (nSPS) is 12.3. The molecule has 0 aliphatic heterocycles. The number of H-pyrrole nitrogens is 1.